The number of fused-ring (bicyclic) bond motifs is 2. The summed E-state index contributed by atoms with van der Waals surface area (Å²) in [5.74, 6) is 0. The van der Waals surface area contributed by atoms with Gasteiger partial charge in [-0.25, -0.2) is 9.78 Å². The maximum Gasteiger partial charge on any atom is 0.514 e. The van der Waals surface area contributed by atoms with Crippen LogP contribution in [0.25, 0.3) is 0 Å². The van der Waals surface area contributed by atoms with Gasteiger partial charge in [0.05, 0.1) is 35.5 Å². The van der Waals surface area contributed by atoms with Crippen molar-refractivity contribution in [2.45, 2.75) is 96.3 Å². The summed E-state index contributed by atoms with van der Waals surface area (Å²) in [5, 5.41) is 0.342. The van der Waals surface area contributed by atoms with Gasteiger partial charge in [-0.15, -0.1) is 0 Å². The summed E-state index contributed by atoms with van der Waals surface area (Å²) in [7, 11) is -0.621. The van der Waals surface area contributed by atoms with Gasteiger partial charge < -0.3 is 18.8 Å². The van der Waals surface area contributed by atoms with Crippen molar-refractivity contribution in [1.82, 2.24) is 9.88 Å². The number of ether oxygens (including phenoxy) is 2. The van der Waals surface area contributed by atoms with Crippen molar-refractivity contribution in [3.8, 4) is 0 Å². The maximum atomic E-state index is 12.9. The maximum absolute atomic E-state index is 12.9. The van der Waals surface area contributed by atoms with Crippen molar-refractivity contribution >= 4 is 30.4 Å². The van der Waals surface area contributed by atoms with E-state index in [4.69, 9.17) is 30.4 Å². The van der Waals surface area contributed by atoms with Crippen LogP contribution in [0.4, 0.5) is 4.79 Å². The predicted octanol–water partition coefficient (Wildman–Crippen LogP) is 3.87. The molecule has 0 saturated carbocycles. The molecule has 9 heteroatoms. The third-order valence-electron chi connectivity index (χ3n) is 6.63. The molecule has 0 radical (unpaired) electrons. The molecule has 2 bridgehead atoms. The summed E-state index contributed by atoms with van der Waals surface area (Å²) < 4.78 is 24.2. The highest BCUT2D eigenvalue weighted by Crippen LogP contribution is 2.41. The van der Waals surface area contributed by atoms with Crippen LogP contribution in [0.1, 0.15) is 73.0 Å². The number of amides is 1. The summed E-state index contributed by atoms with van der Waals surface area (Å²) in [6.45, 7) is 14.1. The molecule has 0 spiro atoms. The lowest BCUT2D eigenvalue weighted by Crippen LogP contribution is -2.52. The Morgan fingerprint density at radius 3 is 2.45 bits per heavy atom. The van der Waals surface area contributed by atoms with E-state index >= 15 is 0 Å². The minimum atomic E-state index is -0.621. The molecule has 1 aromatic heterocycles. The smallest absolute Gasteiger partial charge is 0.444 e. The molecule has 1 aromatic rings. The average Bonchev–Trinajstić information content (AvgIpc) is 3.03. The third kappa shape index (κ3) is 4.32. The van der Waals surface area contributed by atoms with Crippen LogP contribution in [0, 0.1) is 0 Å². The van der Waals surface area contributed by atoms with Crippen LogP contribution in [0.5, 0.6) is 0 Å². The largest absolute Gasteiger partial charge is 0.514 e. The van der Waals surface area contributed by atoms with Crippen molar-refractivity contribution in [2.75, 3.05) is 6.61 Å². The predicted molar refractivity (Wildman–Crippen MR) is 119 cm³/mol. The molecular formula is C22H32BClN2O5. The van der Waals surface area contributed by atoms with E-state index in [-0.39, 0.29) is 24.3 Å². The number of hydrogen-bond acceptors (Lipinski definition) is 6. The van der Waals surface area contributed by atoms with Crippen molar-refractivity contribution in [1.29, 1.82) is 0 Å². The van der Waals surface area contributed by atoms with Crippen molar-refractivity contribution in [2.24, 2.45) is 0 Å². The van der Waals surface area contributed by atoms with Gasteiger partial charge in [0.1, 0.15) is 16.9 Å². The first-order valence-electron chi connectivity index (χ1n) is 10.9. The van der Waals surface area contributed by atoms with Crippen molar-refractivity contribution < 1.29 is 23.6 Å². The Hall–Kier alpha value is -1.35. The van der Waals surface area contributed by atoms with Gasteiger partial charge in [0.2, 0.25) is 0 Å². The van der Waals surface area contributed by atoms with E-state index in [1.54, 1.807) is 6.07 Å². The number of halogens is 1. The molecule has 0 N–H and O–H groups in total. The Balaban J connectivity index is 1.61. The lowest BCUT2D eigenvalue weighted by molar-refractivity contribution is -0.0803. The molecule has 4 heterocycles. The van der Waals surface area contributed by atoms with Crippen LogP contribution in [-0.4, -0.2) is 58.6 Å². The fraction of sp³-hybridized carbons (Fsp3) is 0.727. The van der Waals surface area contributed by atoms with Crippen LogP contribution in [0.15, 0.2) is 12.1 Å². The van der Waals surface area contributed by atoms with E-state index < -0.39 is 23.9 Å². The first-order valence-corrected chi connectivity index (χ1v) is 11.3. The van der Waals surface area contributed by atoms with Crippen LogP contribution in [0.3, 0.4) is 0 Å². The van der Waals surface area contributed by atoms with Gasteiger partial charge in [0, 0.05) is 0 Å². The number of rotatable bonds is 2. The van der Waals surface area contributed by atoms with Crippen molar-refractivity contribution in [3.05, 3.63) is 22.8 Å². The zero-order chi connectivity index (χ0) is 22.8. The first-order chi connectivity index (χ1) is 14.3. The third-order valence-corrected chi connectivity index (χ3v) is 6.82. The number of hydrogen-bond donors (Lipinski definition) is 0. The molecule has 1 amide bonds. The molecule has 3 saturated heterocycles. The summed E-state index contributed by atoms with van der Waals surface area (Å²) in [4.78, 5) is 19.2. The number of pyridine rings is 1. The van der Waals surface area contributed by atoms with Gasteiger partial charge in [-0.05, 0) is 79.0 Å². The quantitative estimate of drug-likeness (QED) is 0.503. The fourth-order valence-corrected chi connectivity index (χ4v) is 4.63. The van der Waals surface area contributed by atoms with Crippen LogP contribution >= 0.6 is 11.6 Å². The molecule has 0 aliphatic carbocycles. The van der Waals surface area contributed by atoms with Gasteiger partial charge >= 0.3 is 13.2 Å². The summed E-state index contributed by atoms with van der Waals surface area (Å²) in [6.07, 6.45) is 1.14. The highest BCUT2D eigenvalue weighted by Gasteiger charge is 2.53. The number of carbonyl (C=O) groups excluding carboxylic acids is 1. The second-order valence-electron chi connectivity index (χ2n) is 10.7. The minimum Gasteiger partial charge on any atom is -0.444 e. The lowest BCUT2D eigenvalue weighted by atomic mass is 9.82. The molecule has 3 aliphatic rings. The standard InChI is InChI=1S/C22H32BClN2O5/c1-20(2,3)29-19(27)26-14-8-9-15(26)18(28-12-14)13-10-16(25-17(24)11-13)23-30-21(4,5)22(6,7)31-23/h10-11,14-15,18H,8-9,12H2,1-7H3/t14-,15+,18+/m0/s1. The molecule has 3 aliphatic heterocycles. The van der Waals surface area contributed by atoms with E-state index in [1.165, 1.54) is 0 Å². The second kappa shape index (κ2) is 7.61. The van der Waals surface area contributed by atoms with E-state index in [2.05, 4.69) is 4.98 Å². The van der Waals surface area contributed by atoms with E-state index in [9.17, 15) is 4.79 Å². The Morgan fingerprint density at radius 2 is 1.84 bits per heavy atom. The monoisotopic (exact) mass is 450 g/mol. The molecule has 4 rings (SSSR count). The summed E-state index contributed by atoms with van der Waals surface area (Å²) in [5.41, 5.74) is -0.0313. The molecule has 3 atom stereocenters. The highest BCUT2D eigenvalue weighted by molar-refractivity contribution is 6.61. The van der Waals surface area contributed by atoms with Gasteiger partial charge in [0.25, 0.3) is 0 Å². The van der Waals surface area contributed by atoms with Gasteiger partial charge in [-0.3, -0.25) is 4.90 Å². The highest BCUT2D eigenvalue weighted by atomic mass is 35.5. The van der Waals surface area contributed by atoms with Crippen LogP contribution in [-0.2, 0) is 18.8 Å². The Morgan fingerprint density at radius 1 is 1.19 bits per heavy atom. The van der Waals surface area contributed by atoms with Crippen LogP contribution < -0.4 is 5.59 Å². The molecule has 0 aromatic carbocycles. The number of morpholine rings is 1. The molecular weight excluding hydrogens is 419 g/mol. The number of nitrogens with zero attached hydrogens (tertiary/aromatic N) is 2. The average molecular weight is 451 g/mol. The minimum absolute atomic E-state index is 0.0379. The van der Waals surface area contributed by atoms with Crippen molar-refractivity contribution in [3.63, 3.8) is 0 Å². The Bertz CT molecular complexity index is 856. The van der Waals surface area contributed by atoms with E-state index in [0.717, 1.165) is 18.4 Å². The van der Waals surface area contributed by atoms with Gasteiger partial charge in [-0.2, -0.15) is 0 Å². The van der Waals surface area contributed by atoms with Crippen LogP contribution in [0.2, 0.25) is 5.15 Å². The zero-order valence-electron chi connectivity index (χ0n) is 19.4. The summed E-state index contributed by atoms with van der Waals surface area (Å²) >= 11 is 6.39. The molecule has 3 fully saturated rings. The zero-order valence-corrected chi connectivity index (χ0v) is 20.2. The summed E-state index contributed by atoms with van der Waals surface area (Å²) in [6, 6.07) is 3.64. The topological polar surface area (TPSA) is 70.1 Å². The Labute approximate surface area is 189 Å². The normalized spacial score (nSPS) is 29.4. The molecule has 0 unspecified atom stereocenters. The fourth-order valence-electron chi connectivity index (χ4n) is 4.40. The molecule has 7 nitrogen and oxygen atoms in total. The lowest BCUT2D eigenvalue weighted by Gasteiger charge is -2.40. The molecule has 31 heavy (non-hydrogen) atoms. The Kier molecular flexibility index (Phi) is 5.61. The second-order valence-corrected chi connectivity index (χ2v) is 11.1. The first kappa shape index (κ1) is 22.8. The van der Waals surface area contributed by atoms with E-state index in [1.807, 2.05) is 59.4 Å². The number of aromatic nitrogens is 1. The SMILES string of the molecule is CC(C)(C)OC(=O)N1[C@H]2CC[C@@H]1[C@@H](c1cc(Cl)nc(B3OC(C)(C)C(C)(C)O3)c1)OC2. The molecule has 170 valence electrons. The van der Waals surface area contributed by atoms with Gasteiger partial charge in [0.15, 0.2) is 0 Å². The number of carbonyl (C=O) groups is 1. The van der Waals surface area contributed by atoms with E-state index in [0.29, 0.717) is 17.4 Å². The van der Waals surface area contributed by atoms with Gasteiger partial charge in [-0.1, -0.05) is 11.6 Å².